The first-order valence-electron chi connectivity index (χ1n) is 3.41. The van der Waals surface area contributed by atoms with Crippen LogP contribution in [0.1, 0.15) is 0 Å². The Hall–Kier alpha value is -0.780. The van der Waals surface area contributed by atoms with E-state index in [0.29, 0.717) is 0 Å². The molecule has 0 fully saturated rings. The summed E-state index contributed by atoms with van der Waals surface area (Å²) in [7, 11) is 0. The van der Waals surface area contributed by atoms with Crippen LogP contribution in [0.3, 0.4) is 0 Å². The van der Waals surface area contributed by atoms with E-state index < -0.39 is 31.4 Å². The Morgan fingerprint density at radius 3 is 1.41 bits per heavy atom. The van der Waals surface area contributed by atoms with Gasteiger partial charge >= 0.3 is 18.6 Å². The third kappa shape index (κ3) is 4.93. The summed E-state index contributed by atoms with van der Waals surface area (Å²) in [4.78, 5) is 0. The quantitative estimate of drug-likeness (QED) is 0.721. The van der Waals surface area contributed by atoms with E-state index in [4.69, 9.17) is 0 Å². The zero-order valence-corrected chi connectivity index (χ0v) is 7.25. The topological polar surface area (TPSA) is 18.5 Å². The minimum absolute atomic E-state index is 1.65. The predicted octanol–water partition coefficient (Wildman–Crippen LogP) is 3.29. The highest BCUT2D eigenvalue weighted by Gasteiger charge is 2.66. The molecule has 104 valence electrons. The molecule has 0 saturated heterocycles. The van der Waals surface area contributed by atoms with E-state index in [1.165, 1.54) is 0 Å². The monoisotopic (exact) mass is 284 g/mol. The maximum atomic E-state index is 12.2. The van der Waals surface area contributed by atoms with Crippen molar-refractivity contribution in [3.05, 3.63) is 0 Å². The minimum atomic E-state index is -6.36. The molecule has 0 rings (SSSR count). The van der Waals surface area contributed by atoms with Crippen LogP contribution in [0.2, 0.25) is 0 Å². The summed E-state index contributed by atoms with van der Waals surface area (Å²) in [6.45, 7) is 0. The second-order valence-electron chi connectivity index (χ2n) is 2.38. The summed E-state index contributed by atoms with van der Waals surface area (Å²) in [5.74, 6) is 0. The van der Waals surface area contributed by atoms with Gasteiger partial charge in [0.25, 0.3) is 12.8 Å². The molecule has 17 heavy (non-hydrogen) atoms. The number of ether oxygens (including phenoxy) is 2. The fourth-order valence-corrected chi connectivity index (χ4v) is 0.466. The van der Waals surface area contributed by atoms with Gasteiger partial charge < -0.3 is 0 Å². The van der Waals surface area contributed by atoms with Crippen LogP contribution in [0.4, 0.5) is 43.9 Å². The molecule has 0 saturated carbocycles. The summed E-state index contributed by atoms with van der Waals surface area (Å²) >= 11 is 0. The fraction of sp³-hybridized carbons (Fsp3) is 1.00. The smallest absolute Gasteiger partial charge is 0.273 e. The first-order chi connectivity index (χ1) is 7.28. The van der Waals surface area contributed by atoms with E-state index in [9.17, 15) is 43.9 Å². The zero-order chi connectivity index (χ0) is 14.1. The number of alkyl halides is 10. The highest BCUT2D eigenvalue weighted by atomic mass is 19.4. The van der Waals surface area contributed by atoms with Crippen molar-refractivity contribution in [1.82, 2.24) is 0 Å². The van der Waals surface area contributed by atoms with E-state index in [-0.39, 0.29) is 0 Å². The summed E-state index contributed by atoms with van der Waals surface area (Å²) in [5, 5.41) is 0. The lowest BCUT2D eigenvalue weighted by molar-refractivity contribution is -0.514. The molecule has 0 bridgehead atoms. The van der Waals surface area contributed by atoms with Crippen molar-refractivity contribution < 1.29 is 53.4 Å². The molecule has 12 heteroatoms. The maximum Gasteiger partial charge on any atom is 0.527 e. The van der Waals surface area contributed by atoms with Gasteiger partial charge in [0, 0.05) is 0 Å². The number of hydrogen-bond acceptors (Lipinski definition) is 2. The van der Waals surface area contributed by atoms with Crippen LogP contribution in [-0.2, 0) is 9.47 Å². The Bertz CT molecular complexity index is 248. The Kier molecular flexibility index (Phi) is 4.62. The lowest BCUT2D eigenvalue weighted by atomic mass is 10.5. The van der Waals surface area contributed by atoms with Crippen molar-refractivity contribution in [1.29, 1.82) is 0 Å². The van der Waals surface area contributed by atoms with Gasteiger partial charge in [-0.25, -0.2) is 17.9 Å². The third-order valence-electron chi connectivity index (χ3n) is 1.04. The lowest BCUT2D eigenvalue weighted by Gasteiger charge is -2.26. The predicted molar refractivity (Wildman–Crippen MR) is 29.0 cm³/mol. The van der Waals surface area contributed by atoms with Crippen molar-refractivity contribution in [2.75, 3.05) is 0 Å². The summed E-state index contributed by atoms with van der Waals surface area (Å²) < 4.78 is 121. The van der Waals surface area contributed by atoms with Crippen LogP contribution >= 0.6 is 0 Å². The molecule has 0 aromatic rings. The SMILES string of the molecule is FC(F)C(F)OC(F)(F)C(F)(F)OC(F)(F)F. The van der Waals surface area contributed by atoms with Crippen LogP contribution in [-0.4, -0.2) is 31.4 Å². The van der Waals surface area contributed by atoms with Crippen LogP contribution in [0.15, 0.2) is 0 Å². The van der Waals surface area contributed by atoms with Crippen molar-refractivity contribution in [2.24, 2.45) is 0 Å². The summed E-state index contributed by atoms with van der Waals surface area (Å²) in [6, 6.07) is 0. The van der Waals surface area contributed by atoms with Crippen molar-refractivity contribution in [3.63, 3.8) is 0 Å². The first-order valence-corrected chi connectivity index (χ1v) is 3.41. The summed E-state index contributed by atoms with van der Waals surface area (Å²) in [6.07, 6.45) is -27.2. The molecule has 0 amide bonds. The van der Waals surface area contributed by atoms with E-state index in [1.54, 1.807) is 4.74 Å². The van der Waals surface area contributed by atoms with E-state index in [2.05, 4.69) is 4.74 Å². The Labute approximate surface area is 86.1 Å². The fourth-order valence-electron chi connectivity index (χ4n) is 0.466. The minimum Gasteiger partial charge on any atom is -0.273 e. The van der Waals surface area contributed by atoms with E-state index in [0.717, 1.165) is 0 Å². The van der Waals surface area contributed by atoms with E-state index >= 15 is 0 Å². The van der Waals surface area contributed by atoms with Crippen molar-refractivity contribution in [3.8, 4) is 0 Å². The Morgan fingerprint density at radius 2 is 1.12 bits per heavy atom. The molecular formula is C5H2F10O2. The molecule has 1 unspecified atom stereocenters. The summed E-state index contributed by atoms with van der Waals surface area (Å²) in [5.41, 5.74) is 0. The molecule has 0 spiro atoms. The third-order valence-corrected chi connectivity index (χ3v) is 1.04. The number of hydrogen-bond donors (Lipinski definition) is 0. The molecule has 1 atom stereocenters. The van der Waals surface area contributed by atoms with Gasteiger partial charge in [-0.05, 0) is 0 Å². The molecule has 0 aliphatic rings. The van der Waals surface area contributed by atoms with Gasteiger partial charge in [0.1, 0.15) is 0 Å². The van der Waals surface area contributed by atoms with Crippen molar-refractivity contribution in [2.45, 2.75) is 31.4 Å². The molecule has 2 nitrogen and oxygen atoms in total. The second-order valence-corrected chi connectivity index (χ2v) is 2.38. The number of halogens is 10. The van der Waals surface area contributed by atoms with Gasteiger partial charge in [0.15, 0.2) is 0 Å². The largest absolute Gasteiger partial charge is 0.527 e. The van der Waals surface area contributed by atoms with Gasteiger partial charge in [-0.15, -0.1) is 13.2 Å². The molecule has 0 aromatic carbocycles. The molecule has 0 radical (unpaired) electrons. The van der Waals surface area contributed by atoms with Crippen LogP contribution < -0.4 is 0 Å². The molecule has 0 heterocycles. The first kappa shape index (κ1) is 16.2. The molecule has 0 aliphatic heterocycles. The van der Waals surface area contributed by atoms with Gasteiger partial charge in [0.2, 0.25) is 0 Å². The maximum absolute atomic E-state index is 12.2. The number of rotatable bonds is 5. The van der Waals surface area contributed by atoms with Crippen LogP contribution in [0, 0.1) is 0 Å². The van der Waals surface area contributed by atoms with Gasteiger partial charge in [-0.3, -0.25) is 4.74 Å². The molecule has 0 N–H and O–H groups in total. The normalized spacial score (nSPS) is 16.4. The zero-order valence-electron chi connectivity index (χ0n) is 7.25. The van der Waals surface area contributed by atoms with E-state index in [1.807, 2.05) is 0 Å². The molecular weight excluding hydrogens is 282 g/mol. The highest BCUT2D eigenvalue weighted by Crippen LogP contribution is 2.41. The molecule has 0 aromatic heterocycles. The molecule has 0 aliphatic carbocycles. The average Bonchev–Trinajstić information content (AvgIpc) is 1.97. The Morgan fingerprint density at radius 1 is 0.706 bits per heavy atom. The second kappa shape index (κ2) is 4.84. The van der Waals surface area contributed by atoms with Crippen LogP contribution in [0.5, 0.6) is 0 Å². The van der Waals surface area contributed by atoms with Gasteiger partial charge in [-0.1, -0.05) is 0 Å². The lowest BCUT2D eigenvalue weighted by Crippen LogP contribution is -2.49. The van der Waals surface area contributed by atoms with Gasteiger partial charge in [0.05, 0.1) is 0 Å². The standard InChI is InChI=1S/C5H2F10O2/c6-1(7)2(8)16-3(9,10)4(11,12)17-5(13,14)15/h1-2H. The Balaban J connectivity index is 4.78. The highest BCUT2D eigenvalue weighted by molar-refractivity contribution is 4.68. The van der Waals surface area contributed by atoms with Crippen molar-refractivity contribution >= 4 is 0 Å². The van der Waals surface area contributed by atoms with Gasteiger partial charge in [-0.2, -0.15) is 17.6 Å². The van der Waals surface area contributed by atoms with Crippen LogP contribution in [0.25, 0.3) is 0 Å². The average molecular weight is 284 g/mol.